The number of nitrogens with one attached hydrogen (secondary N) is 1. The van der Waals surface area contributed by atoms with Crippen molar-refractivity contribution in [1.82, 2.24) is 15.1 Å². The van der Waals surface area contributed by atoms with E-state index in [-0.39, 0.29) is 11.9 Å². The molecule has 0 atom stereocenters. The highest BCUT2D eigenvalue weighted by Crippen LogP contribution is 2.09. The Kier molecular flexibility index (Phi) is 16.7. The Labute approximate surface area is 185 Å². The first-order valence-electron chi connectivity index (χ1n) is 12.5. The summed E-state index contributed by atoms with van der Waals surface area (Å²) in [6.45, 7) is 10.5. The van der Waals surface area contributed by atoms with Crippen molar-refractivity contribution in [3.05, 3.63) is 0 Å². The summed E-state index contributed by atoms with van der Waals surface area (Å²) in [6, 6.07) is 0. The number of nitrogens with zero attached hydrogens (tertiary/aromatic N) is 2. The maximum Gasteiger partial charge on any atom is 0.305 e. The first kappa shape index (κ1) is 26.9. The van der Waals surface area contributed by atoms with Crippen molar-refractivity contribution in [1.29, 1.82) is 0 Å². The van der Waals surface area contributed by atoms with E-state index < -0.39 is 0 Å². The summed E-state index contributed by atoms with van der Waals surface area (Å²) in [7, 11) is 0. The number of carbonyl (C=O) groups is 2. The minimum absolute atomic E-state index is 0.101. The van der Waals surface area contributed by atoms with Gasteiger partial charge < -0.3 is 15.0 Å². The zero-order valence-corrected chi connectivity index (χ0v) is 19.8. The van der Waals surface area contributed by atoms with E-state index in [9.17, 15) is 9.59 Å². The van der Waals surface area contributed by atoms with Crippen LogP contribution in [0.4, 0.5) is 0 Å². The predicted octanol–water partition coefficient (Wildman–Crippen LogP) is 3.98. The second kappa shape index (κ2) is 18.6. The molecule has 1 aliphatic rings. The third-order valence-corrected chi connectivity index (χ3v) is 5.77. The zero-order valence-electron chi connectivity index (χ0n) is 19.8. The minimum atomic E-state index is -0.101. The van der Waals surface area contributed by atoms with Crippen molar-refractivity contribution in [2.45, 2.75) is 90.9 Å². The van der Waals surface area contributed by atoms with E-state index in [1.807, 2.05) is 4.90 Å². The molecule has 0 aromatic carbocycles. The van der Waals surface area contributed by atoms with Gasteiger partial charge in [-0.3, -0.25) is 14.5 Å². The molecule has 30 heavy (non-hydrogen) atoms. The fourth-order valence-electron chi connectivity index (χ4n) is 3.83. The highest BCUT2D eigenvalue weighted by Gasteiger charge is 2.19. The number of amides is 1. The summed E-state index contributed by atoms with van der Waals surface area (Å²) >= 11 is 0. The van der Waals surface area contributed by atoms with E-state index in [0.29, 0.717) is 19.6 Å². The summed E-state index contributed by atoms with van der Waals surface area (Å²) in [5, 5.41) is 3.30. The Morgan fingerprint density at radius 3 is 2.13 bits per heavy atom. The molecule has 1 heterocycles. The maximum absolute atomic E-state index is 12.7. The van der Waals surface area contributed by atoms with Gasteiger partial charge in [0.25, 0.3) is 0 Å². The lowest BCUT2D eigenvalue weighted by Gasteiger charge is -2.30. The van der Waals surface area contributed by atoms with E-state index in [0.717, 1.165) is 71.4 Å². The molecule has 1 amide bonds. The molecule has 1 saturated heterocycles. The molecular weight excluding hydrogens is 378 g/mol. The van der Waals surface area contributed by atoms with Gasteiger partial charge in [-0.25, -0.2) is 0 Å². The monoisotopic (exact) mass is 425 g/mol. The van der Waals surface area contributed by atoms with Crippen LogP contribution >= 0.6 is 0 Å². The Morgan fingerprint density at radius 2 is 1.43 bits per heavy atom. The largest absolute Gasteiger partial charge is 0.466 e. The van der Waals surface area contributed by atoms with Crippen LogP contribution in [0.25, 0.3) is 0 Å². The fourth-order valence-corrected chi connectivity index (χ4v) is 3.83. The fraction of sp³-hybridized carbons (Fsp3) is 0.917. The summed E-state index contributed by atoms with van der Waals surface area (Å²) in [4.78, 5) is 28.8. The first-order valence-corrected chi connectivity index (χ1v) is 12.5. The molecule has 0 unspecified atom stereocenters. The summed E-state index contributed by atoms with van der Waals surface area (Å²) in [6.07, 6.45) is 13.3. The van der Waals surface area contributed by atoms with Gasteiger partial charge in [0.05, 0.1) is 13.2 Å². The van der Waals surface area contributed by atoms with Crippen molar-refractivity contribution < 1.29 is 14.3 Å². The highest BCUT2D eigenvalue weighted by atomic mass is 16.5. The quantitative estimate of drug-likeness (QED) is 0.266. The van der Waals surface area contributed by atoms with Crippen LogP contribution in [0.1, 0.15) is 90.9 Å². The maximum atomic E-state index is 12.7. The smallest absolute Gasteiger partial charge is 0.305 e. The van der Waals surface area contributed by atoms with Crippen LogP contribution in [0.2, 0.25) is 0 Å². The molecule has 6 heteroatoms. The number of piperazine rings is 1. The summed E-state index contributed by atoms with van der Waals surface area (Å²) in [5.41, 5.74) is 0. The lowest BCUT2D eigenvalue weighted by molar-refractivity contribution is -0.143. The number of ether oxygens (including phenoxy) is 1. The molecule has 0 saturated carbocycles. The Bertz CT molecular complexity index is 439. The number of esters is 1. The van der Waals surface area contributed by atoms with Crippen molar-refractivity contribution in [3.8, 4) is 0 Å². The van der Waals surface area contributed by atoms with Gasteiger partial charge >= 0.3 is 5.97 Å². The number of hydrogen-bond donors (Lipinski definition) is 1. The molecular formula is C24H47N3O3. The normalized spacial score (nSPS) is 14.3. The van der Waals surface area contributed by atoms with Gasteiger partial charge in [0.1, 0.15) is 0 Å². The van der Waals surface area contributed by atoms with Crippen LogP contribution in [-0.2, 0) is 14.3 Å². The average molecular weight is 426 g/mol. The number of unbranched alkanes of at least 4 members (excludes halogenated alkanes) is 8. The minimum Gasteiger partial charge on any atom is -0.466 e. The van der Waals surface area contributed by atoms with Gasteiger partial charge in [-0.05, 0) is 32.4 Å². The summed E-state index contributed by atoms with van der Waals surface area (Å²) in [5.74, 6) is 0.122. The Morgan fingerprint density at radius 1 is 0.833 bits per heavy atom. The molecule has 0 spiro atoms. The van der Waals surface area contributed by atoms with Crippen molar-refractivity contribution in [2.75, 3.05) is 52.4 Å². The molecule has 176 valence electrons. The van der Waals surface area contributed by atoms with E-state index in [2.05, 4.69) is 24.1 Å². The van der Waals surface area contributed by atoms with E-state index in [1.165, 1.54) is 38.5 Å². The van der Waals surface area contributed by atoms with Crippen LogP contribution in [0, 0.1) is 0 Å². The standard InChI is InChI=1S/C24H47N3O3/c1-3-5-7-8-9-10-11-17-26(22-23(28)27-19-15-25-16-20-27)18-13-14-24(29)30-21-12-6-4-2/h25H,3-22H2,1-2H3. The van der Waals surface area contributed by atoms with E-state index in [4.69, 9.17) is 4.74 Å². The molecule has 0 aliphatic carbocycles. The van der Waals surface area contributed by atoms with Crippen LogP contribution in [0.15, 0.2) is 0 Å². The topological polar surface area (TPSA) is 61.9 Å². The molecule has 0 aromatic rings. The number of rotatable bonds is 18. The van der Waals surface area contributed by atoms with E-state index in [1.54, 1.807) is 0 Å². The highest BCUT2D eigenvalue weighted by molar-refractivity contribution is 5.78. The molecule has 1 fully saturated rings. The molecule has 0 radical (unpaired) electrons. The van der Waals surface area contributed by atoms with Crippen molar-refractivity contribution in [2.24, 2.45) is 0 Å². The Hall–Kier alpha value is -1.14. The number of hydrogen-bond acceptors (Lipinski definition) is 5. The van der Waals surface area contributed by atoms with Crippen LogP contribution in [-0.4, -0.2) is 74.1 Å². The molecule has 0 bridgehead atoms. The lowest BCUT2D eigenvalue weighted by atomic mass is 10.1. The van der Waals surface area contributed by atoms with Crippen LogP contribution in [0.3, 0.4) is 0 Å². The van der Waals surface area contributed by atoms with Gasteiger partial charge in [0.2, 0.25) is 5.91 Å². The molecule has 1 N–H and O–H groups in total. The average Bonchev–Trinajstić information content (AvgIpc) is 2.76. The third-order valence-electron chi connectivity index (χ3n) is 5.77. The Balaban J connectivity index is 2.31. The molecule has 0 aromatic heterocycles. The zero-order chi connectivity index (χ0) is 21.9. The van der Waals surface area contributed by atoms with Crippen molar-refractivity contribution in [3.63, 3.8) is 0 Å². The SMILES string of the molecule is CCCCCCCCCN(CCCC(=O)OCCCCC)CC(=O)N1CCNCC1. The molecule has 1 rings (SSSR count). The van der Waals surface area contributed by atoms with Crippen LogP contribution in [0.5, 0.6) is 0 Å². The van der Waals surface area contributed by atoms with Crippen molar-refractivity contribution >= 4 is 11.9 Å². The predicted molar refractivity (Wildman–Crippen MR) is 124 cm³/mol. The van der Waals surface area contributed by atoms with Crippen LogP contribution < -0.4 is 5.32 Å². The van der Waals surface area contributed by atoms with Gasteiger partial charge in [-0.2, -0.15) is 0 Å². The third kappa shape index (κ3) is 14.0. The van der Waals surface area contributed by atoms with E-state index >= 15 is 0 Å². The van der Waals surface area contributed by atoms with Gasteiger partial charge in [0.15, 0.2) is 0 Å². The molecule has 1 aliphatic heterocycles. The van der Waals surface area contributed by atoms with Gasteiger partial charge in [-0.15, -0.1) is 0 Å². The second-order valence-corrected chi connectivity index (χ2v) is 8.56. The molecule has 6 nitrogen and oxygen atoms in total. The lowest BCUT2D eigenvalue weighted by Crippen LogP contribution is -2.49. The number of carbonyl (C=O) groups excluding carboxylic acids is 2. The first-order chi connectivity index (χ1) is 14.7. The second-order valence-electron chi connectivity index (χ2n) is 8.56. The van der Waals surface area contributed by atoms with Gasteiger partial charge in [0, 0.05) is 32.6 Å². The summed E-state index contributed by atoms with van der Waals surface area (Å²) < 4.78 is 5.31. The van der Waals surface area contributed by atoms with Gasteiger partial charge in [-0.1, -0.05) is 65.2 Å².